The third kappa shape index (κ3) is 3.63. The molecule has 0 fully saturated rings. The third-order valence-electron chi connectivity index (χ3n) is 2.84. The Kier molecular flexibility index (Phi) is 5.84. The molecule has 0 radical (unpaired) electrons. The van der Waals surface area contributed by atoms with E-state index in [9.17, 15) is 0 Å². The molecular formula is C14H23NO2. The van der Waals surface area contributed by atoms with Crippen LogP contribution in [0.3, 0.4) is 0 Å². The molecule has 3 nitrogen and oxygen atoms in total. The van der Waals surface area contributed by atoms with E-state index in [1.165, 1.54) is 5.56 Å². The van der Waals surface area contributed by atoms with Gasteiger partial charge in [-0.15, -0.1) is 0 Å². The lowest BCUT2D eigenvalue weighted by atomic mass is 10.0. The maximum Gasteiger partial charge on any atom is 0.127 e. The SMILES string of the molecule is CCCC(NCC)c1ccc(OC)cc1OC. The lowest BCUT2D eigenvalue weighted by Gasteiger charge is -2.20. The minimum absolute atomic E-state index is 0.353. The Labute approximate surface area is 104 Å². The van der Waals surface area contributed by atoms with Crippen LogP contribution in [0.1, 0.15) is 38.3 Å². The molecule has 96 valence electrons. The summed E-state index contributed by atoms with van der Waals surface area (Å²) in [6.45, 7) is 5.28. The Bertz CT molecular complexity index is 333. The Morgan fingerprint density at radius 1 is 1.18 bits per heavy atom. The van der Waals surface area contributed by atoms with E-state index in [1.54, 1.807) is 14.2 Å². The van der Waals surface area contributed by atoms with Crippen molar-refractivity contribution in [2.24, 2.45) is 0 Å². The summed E-state index contributed by atoms with van der Waals surface area (Å²) in [7, 11) is 3.37. The van der Waals surface area contributed by atoms with E-state index in [1.807, 2.05) is 12.1 Å². The van der Waals surface area contributed by atoms with Gasteiger partial charge in [-0.3, -0.25) is 0 Å². The largest absolute Gasteiger partial charge is 0.497 e. The highest BCUT2D eigenvalue weighted by molar-refractivity contribution is 5.42. The predicted molar refractivity (Wildman–Crippen MR) is 70.9 cm³/mol. The van der Waals surface area contributed by atoms with Gasteiger partial charge in [0.25, 0.3) is 0 Å². The van der Waals surface area contributed by atoms with Crippen LogP contribution in [0, 0.1) is 0 Å². The van der Waals surface area contributed by atoms with Gasteiger partial charge < -0.3 is 14.8 Å². The lowest BCUT2D eigenvalue weighted by molar-refractivity contribution is 0.382. The smallest absolute Gasteiger partial charge is 0.127 e. The summed E-state index contributed by atoms with van der Waals surface area (Å²) in [4.78, 5) is 0. The summed E-state index contributed by atoms with van der Waals surface area (Å²) < 4.78 is 10.7. The van der Waals surface area contributed by atoms with Gasteiger partial charge in [-0.25, -0.2) is 0 Å². The van der Waals surface area contributed by atoms with Crippen molar-refractivity contribution in [2.45, 2.75) is 32.7 Å². The zero-order chi connectivity index (χ0) is 12.7. The van der Waals surface area contributed by atoms with Crippen LogP contribution in [0.15, 0.2) is 18.2 Å². The standard InChI is InChI=1S/C14H23NO2/c1-5-7-13(15-6-2)12-9-8-11(16-3)10-14(12)17-4/h8-10,13,15H,5-7H2,1-4H3. The average Bonchev–Trinajstić information content (AvgIpc) is 2.37. The molecule has 1 aromatic carbocycles. The highest BCUT2D eigenvalue weighted by atomic mass is 16.5. The van der Waals surface area contributed by atoms with E-state index in [4.69, 9.17) is 9.47 Å². The van der Waals surface area contributed by atoms with Crippen LogP contribution in [-0.4, -0.2) is 20.8 Å². The molecule has 1 atom stereocenters. The van der Waals surface area contributed by atoms with Crippen molar-refractivity contribution < 1.29 is 9.47 Å². The normalized spacial score (nSPS) is 12.2. The van der Waals surface area contributed by atoms with Crippen LogP contribution in [0.4, 0.5) is 0 Å². The molecular weight excluding hydrogens is 214 g/mol. The number of rotatable bonds is 7. The number of hydrogen-bond donors (Lipinski definition) is 1. The first-order valence-electron chi connectivity index (χ1n) is 6.22. The third-order valence-corrected chi connectivity index (χ3v) is 2.84. The van der Waals surface area contributed by atoms with Gasteiger partial charge in [0, 0.05) is 17.7 Å². The highest BCUT2D eigenvalue weighted by Gasteiger charge is 2.14. The first-order valence-corrected chi connectivity index (χ1v) is 6.22. The molecule has 0 spiro atoms. The molecule has 1 rings (SSSR count). The van der Waals surface area contributed by atoms with Crippen LogP contribution >= 0.6 is 0 Å². The number of methoxy groups -OCH3 is 2. The van der Waals surface area contributed by atoms with Crippen molar-refractivity contribution >= 4 is 0 Å². The zero-order valence-corrected chi connectivity index (χ0v) is 11.2. The Morgan fingerprint density at radius 3 is 2.47 bits per heavy atom. The molecule has 1 unspecified atom stereocenters. The molecule has 0 bridgehead atoms. The summed E-state index contributed by atoms with van der Waals surface area (Å²) in [6, 6.07) is 6.36. The number of ether oxygens (including phenoxy) is 2. The van der Waals surface area contributed by atoms with Gasteiger partial charge in [0.05, 0.1) is 14.2 Å². The van der Waals surface area contributed by atoms with E-state index in [0.717, 1.165) is 30.9 Å². The fourth-order valence-electron chi connectivity index (χ4n) is 2.01. The van der Waals surface area contributed by atoms with E-state index in [-0.39, 0.29) is 0 Å². The second-order valence-electron chi connectivity index (χ2n) is 4.01. The van der Waals surface area contributed by atoms with E-state index >= 15 is 0 Å². The summed E-state index contributed by atoms with van der Waals surface area (Å²) in [5.74, 6) is 1.72. The Balaban J connectivity index is 2.99. The van der Waals surface area contributed by atoms with E-state index in [0.29, 0.717) is 6.04 Å². The summed E-state index contributed by atoms with van der Waals surface area (Å²) in [5, 5.41) is 3.49. The molecule has 0 aromatic heterocycles. The number of hydrogen-bond acceptors (Lipinski definition) is 3. The zero-order valence-electron chi connectivity index (χ0n) is 11.2. The van der Waals surface area contributed by atoms with Crippen LogP contribution in [0.25, 0.3) is 0 Å². The van der Waals surface area contributed by atoms with Gasteiger partial charge in [0.2, 0.25) is 0 Å². The maximum atomic E-state index is 5.44. The molecule has 0 saturated heterocycles. The second kappa shape index (κ2) is 7.17. The fraction of sp³-hybridized carbons (Fsp3) is 0.571. The monoisotopic (exact) mass is 237 g/mol. The van der Waals surface area contributed by atoms with Gasteiger partial charge in [-0.05, 0) is 19.0 Å². The van der Waals surface area contributed by atoms with Crippen molar-refractivity contribution in [2.75, 3.05) is 20.8 Å². The Morgan fingerprint density at radius 2 is 1.94 bits per heavy atom. The molecule has 0 amide bonds. The van der Waals surface area contributed by atoms with E-state index in [2.05, 4.69) is 25.2 Å². The summed E-state index contributed by atoms with van der Waals surface area (Å²) in [6.07, 6.45) is 2.25. The minimum Gasteiger partial charge on any atom is -0.497 e. The van der Waals surface area contributed by atoms with Crippen LogP contribution in [0.2, 0.25) is 0 Å². The van der Waals surface area contributed by atoms with Crippen LogP contribution in [0.5, 0.6) is 11.5 Å². The van der Waals surface area contributed by atoms with Crippen molar-refractivity contribution in [3.63, 3.8) is 0 Å². The van der Waals surface area contributed by atoms with Gasteiger partial charge in [0.1, 0.15) is 11.5 Å². The Hall–Kier alpha value is -1.22. The van der Waals surface area contributed by atoms with Gasteiger partial charge in [-0.1, -0.05) is 26.3 Å². The summed E-state index contributed by atoms with van der Waals surface area (Å²) in [5.41, 5.74) is 1.21. The molecule has 3 heteroatoms. The molecule has 1 N–H and O–H groups in total. The number of benzene rings is 1. The van der Waals surface area contributed by atoms with Gasteiger partial charge in [0.15, 0.2) is 0 Å². The average molecular weight is 237 g/mol. The molecule has 17 heavy (non-hydrogen) atoms. The first kappa shape index (κ1) is 13.8. The predicted octanol–water partition coefficient (Wildman–Crippen LogP) is 3.15. The van der Waals surface area contributed by atoms with Crippen molar-refractivity contribution in [1.82, 2.24) is 5.32 Å². The molecule has 0 heterocycles. The van der Waals surface area contributed by atoms with Crippen LogP contribution in [-0.2, 0) is 0 Å². The van der Waals surface area contributed by atoms with Crippen molar-refractivity contribution in [3.05, 3.63) is 23.8 Å². The second-order valence-corrected chi connectivity index (χ2v) is 4.01. The maximum absolute atomic E-state index is 5.44. The van der Waals surface area contributed by atoms with E-state index < -0.39 is 0 Å². The minimum atomic E-state index is 0.353. The topological polar surface area (TPSA) is 30.5 Å². The molecule has 0 saturated carbocycles. The highest BCUT2D eigenvalue weighted by Crippen LogP contribution is 2.31. The lowest BCUT2D eigenvalue weighted by Crippen LogP contribution is -2.21. The molecule has 1 aromatic rings. The quantitative estimate of drug-likeness (QED) is 0.790. The van der Waals surface area contributed by atoms with Gasteiger partial charge in [-0.2, -0.15) is 0 Å². The number of nitrogens with one attached hydrogen (secondary N) is 1. The summed E-state index contributed by atoms with van der Waals surface area (Å²) >= 11 is 0. The first-order chi connectivity index (χ1) is 8.26. The van der Waals surface area contributed by atoms with Gasteiger partial charge >= 0.3 is 0 Å². The molecule has 0 aliphatic carbocycles. The van der Waals surface area contributed by atoms with Crippen molar-refractivity contribution in [3.8, 4) is 11.5 Å². The fourth-order valence-corrected chi connectivity index (χ4v) is 2.01. The molecule has 0 aliphatic heterocycles. The molecule has 0 aliphatic rings. The van der Waals surface area contributed by atoms with Crippen molar-refractivity contribution in [1.29, 1.82) is 0 Å². The van der Waals surface area contributed by atoms with Crippen LogP contribution < -0.4 is 14.8 Å².